The van der Waals surface area contributed by atoms with Crippen LogP contribution in [0.2, 0.25) is 0 Å². The Kier molecular flexibility index (Phi) is 20.4. The average molecular weight is 509 g/mol. The smallest absolute Gasteiger partial charge is 0.329 e. The van der Waals surface area contributed by atoms with Crippen LogP contribution in [0.5, 0.6) is 0 Å². The number of ether oxygens (including phenoxy) is 2. The summed E-state index contributed by atoms with van der Waals surface area (Å²) in [6.45, 7) is 4.31. The second-order valence-electron chi connectivity index (χ2n) is 9.05. The summed E-state index contributed by atoms with van der Waals surface area (Å²) in [5.41, 5.74) is 0. The Morgan fingerprint density at radius 1 is 0.735 bits per heavy atom. The molecular formula is C25H48O8S. The molecule has 8 nitrogen and oxygen atoms in total. The van der Waals surface area contributed by atoms with Gasteiger partial charge in [0.2, 0.25) is 6.29 Å². The van der Waals surface area contributed by atoms with Gasteiger partial charge in [0.05, 0.1) is 13.0 Å². The minimum Gasteiger partial charge on any atom is -0.481 e. The summed E-state index contributed by atoms with van der Waals surface area (Å²) in [5, 5.41) is 6.58. The van der Waals surface area contributed by atoms with Gasteiger partial charge in [-0.15, -0.1) is 0 Å². The van der Waals surface area contributed by atoms with E-state index in [1.54, 1.807) is 6.92 Å². The van der Waals surface area contributed by atoms with Crippen LogP contribution < -0.4 is 0 Å². The standard InChI is InChI=1S/C25H48O8S/c1-3-5-6-7-8-9-10-11-12-13-14-15-16-17-18-19-20-32-24(4-2)33-25(28)22(21-23(26)27)34(29,30)31/h22,24H,3-21H2,1-2H3,(H,26,27)(H,29,30,31). The zero-order valence-electron chi connectivity index (χ0n) is 21.3. The highest BCUT2D eigenvalue weighted by molar-refractivity contribution is 7.87. The molecule has 0 aromatic carbocycles. The minimum absolute atomic E-state index is 0.288. The van der Waals surface area contributed by atoms with Crippen molar-refractivity contribution in [2.75, 3.05) is 6.61 Å². The Bertz CT molecular complexity index is 620. The summed E-state index contributed by atoms with van der Waals surface area (Å²) in [4.78, 5) is 22.7. The third-order valence-electron chi connectivity index (χ3n) is 5.87. The Labute approximate surface area is 206 Å². The van der Waals surface area contributed by atoms with E-state index in [0.717, 1.165) is 19.3 Å². The van der Waals surface area contributed by atoms with E-state index in [1.165, 1.54) is 83.5 Å². The fourth-order valence-corrected chi connectivity index (χ4v) is 4.43. The monoisotopic (exact) mass is 508 g/mol. The van der Waals surface area contributed by atoms with Crippen molar-refractivity contribution in [3.8, 4) is 0 Å². The van der Waals surface area contributed by atoms with Gasteiger partial charge in [0.15, 0.2) is 5.25 Å². The molecule has 202 valence electrons. The maximum absolute atomic E-state index is 12.0. The molecule has 0 aromatic rings. The van der Waals surface area contributed by atoms with Crippen molar-refractivity contribution in [1.82, 2.24) is 0 Å². The predicted molar refractivity (Wildman–Crippen MR) is 133 cm³/mol. The third-order valence-corrected chi connectivity index (χ3v) is 6.94. The van der Waals surface area contributed by atoms with E-state index in [9.17, 15) is 18.0 Å². The summed E-state index contributed by atoms with van der Waals surface area (Å²) in [7, 11) is -4.88. The van der Waals surface area contributed by atoms with Crippen LogP contribution in [0, 0.1) is 0 Å². The zero-order chi connectivity index (χ0) is 25.7. The van der Waals surface area contributed by atoms with Crippen LogP contribution in [-0.4, -0.2) is 48.2 Å². The molecule has 0 saturated carbocycles. The number of carboxylic acids is 1. The molecule has 0 fully saturated rings. The Morgan fingerprint density at radius 3 is 1.50 bits per heavy atom. The number of aliphatic carboxylic acids is 1. The number of esters is 1. The fourth-order valence-electron chi connectivity index (χ4n) is 3.77. The highest BCUT2D eigenvalue weighted by Gasteiger charge is 2.36. The summed E-state index contributed by atoms with van der Waals surface area (Å²) in [6.07, 6.45) is 18.5. The van der Waals surface area contributed by atoms with E-state index < -0.39 is 40.0 Å². The number of rotatable bonds is 24. The lowest BCUT2D eigenvalue weighted by atomic mass is 10.0. The van der Waals surface area contributed by atoms with Crippen molar-refractivity contribution in [1.29, 1.82) is 0 Å². The molecule has 0 radical (unpaired) electrons. The van der Waals surface area contributed by atoms with Crippen molar-refractivity contribution in [3.05, 3.63) is 0 Å². The quantitative estimate of drug-likeness (QED) is 0.0675. The van der Waals surface area contributed by atoms with Crippen molar-refractivity contribution in [2.24, 2.45) is 0 Å². The largest absolute Gasteiger partial charge is 0.481 e. The molecule has 0 aliphatic carbocycles. The molecule has 0 bridgehead atoms. The lowest BCUT2D eigenvalue weighted by Gasteiger charge is -2.19. The third kappa shape index (κ3) is 19.2. The topological polar surface area (TPSA) is 127 Å². The highest BCUT2D eigenvalue weighted by atomic mass is 32.2. The number of carbonyl (C=O) groups excluding carboxylic acids is 1. The van der Waals surface area contributed by atoms with Gasteiger partial charge >= 0.3 is 11.9 Å². The first-order valence-corrected chi connectivity index (χ1v) is 14.7. The molecule has 0 rings (SSSR count). The van der Waals surface area contributed by atoms with Gasteiger partial charge < -0.3 is 14.6 Å². The highest BCUT2D eigenvalue weighted by Crippen LogP contribution is 2.15. The van der Waals surface area contributed by atoms with Gasteiger partial charge in [-0.3, -0.25) is 14.1 Å². The number of carboxylic acid groups (broad SMARTS) is 1. The maximum atomic E-state index is 12.0. The van der Waals surface area contributed by atoms with Gasteiger partial charge in [0, 0.05) is 6.42 Å². The van der Waals surface area contributed by atoms with E-state index in [0.29, 0.717) is 6.61 Å². The second kappa shape index (κ2) is 21.1. The first-order chi connectivity index (χ1) is 16.2. The van der Waals surface area contributed by atoms with Gasteiger partial charge in [0.1, 0.15) is 0 Å². The Morgan fingerprint density at radius 2 is 1.15 bits per heavy atom. The van der Waals surface area contributed by atoms with Gasteiger partial charge in [-0.25, -0.2) is 0 Å². The molecule has 9 heteroatoms. The molecule has 34 heavy (non-hydrogen) atoms. The molecule has 0 spiro atoms. The lowest BCUT2D eigenvalue weighted by molar-refractivity contribution is -0.180. The fraction of sp³-hybridized carbons (Fsp3) is 0.920. The Hall–Kier alpha value is -1.19. The molecular weight excluding hydrogens is 460 g/mol. The first kappa shape index (κ1) is 32.8. The van der Waals surface area contributed by atoms with Gasteiger partial charge in [-0.2, -0.15) is 8.42 Å². The molecule has 2 N–H and O–H groups in total. The van der Waals surface area contributed by atoms with Crippen LogP contribution in [0.3, 0.4) is 0 Å². The van der Waals surface area contributed by atoms with Crippen LogP contribution in [-0.2, 0) is 29.2 Å². The van der Waals surface area contributed by atoms with Crippen LogP contribution in [0.15, 0.2) is 0 Å². The van der Waals surface area contributed by atoms with Crippen molar-refractivity contribution in [3.63, 3.8) is 0 Å². The van der Waals surface area contributed by atoms with Gasteiger partial charge in [-0.05, 0) is 6.42 Å². The molecule has 0 saturated heterocycles. The number of unbranched alkanes of at least 4 members (excludes halogenated alkanes) is 15. The summed E-state index contributed by atoms with van der Waals surface area (Å²) >= 11 is 0. The molecule has 0 heterocycles. The number of hydrogen-bond acceptors (Lipinski definition) is 6. The van der Waals surface area contributed by atoms with E-state index in [2.05, 4.69) is 6.92 Å². The maximum Gasteiger partial charge on any atom is 0.329 e. The first-order valence-electron chi connectivity index (χ1n) is 13.2. The van der Waals surface area contributed by atoms with Crippen LogP contribution in [0.1, 0.15) is 129 Å². The van der Waals surface area contributed by atoms with Crippen LogP contribution in [0.4, 0.5) is 0 Å². The molecule has 0 aliphatic heterocycles. The SMILES string of the molecule is CCCCCCCCCCCCCCCCCCOC(CC)OC(=O)C(CC(=O)O)S(=O)(=O)O. The normalized spacial score (nSPS) is 13.5. The van der Waals surface area contributed by atoms with Crippen molar-refractivity contribution < 1.29 is 37.1 Å². The Balaban J connectivity index is 3.72. The number of hydrogen-bond donors (Lipinski definition) is 2. The van der Waals surface area contributed by atoms with E-state index in [1.807, 2.05) is 0 Å². The molecule has 0 amide bonds. The molecule has 2 atom stereocenters. The van der Waals surface area contributed by atoms with Crippen molar-refractivity contribution >= 4 is 22.1 Å². The van der Waals surface area contributed by atoms with Gasteiger partial charge in [0.25, 0.3) is 10.1 Å². The zero-order valence-corrected chi connectivity index (χ0v) is 22.2. The predicted octanol–water partition coefficient (Wildman–Crippen LogP) is 6.27. The molecule has 2 unspecified atom stereocenters. The average Bonchev–Trinajstić information content (AvgIpc) is 2.77. The summed E-state index contributed by atoms with van der Waals surface area (Å²) in [6, 6.07) is 0. The van der Waals surface area contributed by atoms with Gasteiger partial charge in [-0.1, -0.05) is 110 Å². The van der Waals surface area contributed by atoms with E-state index >= 15 is 0 Å². The lowest BCUT2D eigenvalue weighted by Crippen LogP contribution is -2.36. The molecule has 0 aliphatic rings. The minimum atomic E-state index is -4.88. The van der Waals surface area contributed by atoms with Crippen LogP contribution >= 0.6 is 0 Å². The summed E-state index contributed by atoms with van der Waals surface area (Å²) < 4.78 is 42.0. The number of carbonyl (C=O) groups is 2. The summed E-state index contributed by atoms with van der Waals surface area (Å²) in [5.74, 6) is -2.84. The van der Waals surface area contributed by atoms with E-state index in [-0.39, 0.29) is 6.42 Å². The second-order valence-corrected chi connectivity index (χ2v) is 10.6. The molecule has 0 aromatic heterocycles. The van der Waals surface area contributed by atoms with E-state index in [4.69, 9.17) is 19.1 Å². The van der Waals surface area contributed by atoms with Crippen molar-refractivity contribution in [2.45, 2.75) is 141 Å². The van der Waals surface area contributed by atoms with Crippen LogP contribution in [0.25, 0.3) is 0 Å².